The zero-order valence-electron chi connectivity index (χ0n) is 10.7. The first-order chi connectivity index (χ1) is 8.13. The maximum absolute atomic E-state index is 11.2. The largest absolute Gasteiger partial charge is 0.466 e. The molecule has 1 atom stereocenters. The second-order valence-corrected chi connectivity index (χ2v) is 4.45. The van der Waals surface area contributed by atoms with Crippen LogP contribution < -0.4 is 0 Å². The Morgan fingerprint density at radius 2 is 2.18 bits per heavy atom. The van der Waals surface area contributed by atoms with E-state index in [1.807, 2.05) is 7.05 Å². The third kappa shape index (κ3) is 5.48. The van der Waals surface area contributed by atoms with E-state index in [4.69, 9.17) is 9.47 Å². The van der Waals surface area contributed by atoms with Gasteiger partial charge in [-0.3, -0.25) is 4.79 Å². The fraction of sp³-hybridized carbons (Fsp3) is 0.917. The lowest BCUT2D eigenvalue weighted by Crippen LogP contribution is -2.41. The number of esters is 1. The highest BCUT2D eigenvalue weighted by Crippen LogP contribution is 2.13. The summed E-state index contributed by atoms with van der Waals surface area (Å²) in [5.41, 5.74) is 0. The standard InChI is InChI=1S/C12H23NO4/c1-3-17-12(15)8-11(14)9-13(2)10-4-6-16-7-5-10/h10-11,14H,3-9H2,1-2H3. The number of ether oxygens (including phenoxy) is 2. The van der Waals surface area contributed by atoms with Crippen LogP contribution in [0, 0.1) is 0 Å². The van der Waals surface area contributed by atoms with Gasteiger partial charge in [0.05, 0.1) is 19.1 Å². The number of hydrogen-bond donors (Lipinski definition) is 1. The second-order valence-electron chi connectivity index (χ2n) is 4.45. The molecule has 0 radical (unpaired) electrons. The molecular formula is C12H23NO4. The highest BCUT2D eigenvalue weighted by molar-refractivity contribution is 5.69. The van der Waals surface area contributed by atoms with Crippen molar-refractivity contribution >= 4 is 5.97 Å². The van der Waals surface area contributed by atoms with Gasteiger partial charge in [0.2, 0.25) is 0 Å². The first-order valence-corrected chi connectivity index (χ1v) is 6.25. The molecule has 17 heavy (non-hydrogen) atoms. The fourth-order valence-corrected chi connectivity index (χ4v) is 2.08. The van der Waals surface area contributed by atoms with Crippen molar-refractivity contribution in [1.29, 1.82) is 0 Å². The van der Waals surface area contributed by atoms with Gasteiger partial charge >= 0.3 is 5.97 Å². The molecule has 0 amide bonds. The first kappa shape index (κ1) is 14.4. The summed E-state index contributed by atoms with van der Waals surface area (Å²) in [5, 5.41) is 9.77. The zero-order chi connectivity index (χ0) is 12.7. The van der Waals surface area contributed by atoms with Gasteiger partial charge in [-0.15, -0.1) is 0 Å². The Morgan fingerprint density at radius 3 is 2.76 bits per heavy atom. The SMILES string of the molecule is CCOC(=O)CC(O)CN(C)C1CCOCC1. The van der Waals surface area contributed by atoms with Gasteiger partial charge in [0.15, 0.2) is 0 Å². The van der Waals surface area contributed by atoms with Gasteiger partial charge in [-0.1, -0.05) is 0 Å². The summed E-state index contributed by atoms with van der Waals surface area (Å²) in [6.07, 6.45) is 1.40. The van der Waals surface area contributed by atoms with Crippen molar-refractivity contribution in [3.05, 3.63) is 0 Å². The summed E-state index contributed by atoms with van der Waals surface area (Å²) in [4.78, 5) is 13.3. The molecule has 1 aliphatic rings. The van der Waals surface area contributed by atoms with Crippen molar-refractivity contribution in [2.75, 3.05) is 33.4 Å². The van der Waals surface area contributed by atoms with Crippen LogP contribution in [0.1, 0.15) is 26.2 Å². The fourth-order valence-electron chi connectivity index (χ4n) is 2.08. The predicted molar refractivity (Wildman–Crippen MR) is 63.7 cm³/mol. The molecule has 0 aromatic carbocycles. The van der Waals surface area contributed by atoms with Crippen LogP contribution in [0.4, 0.5) is 0 Å². The lowest BCUT2D eigenvalue weighted by molar-refractivity contribution is -0.145. The minimum atomic E-state index is -0.651. The highest BCUT2D eigenvalue weighted by Gasteiger charge is 2.21. The Balaban J connectivity index is 2.24. The van der Waals surface area contributed by atoms with Crippen molar-refractivity contribution in [3.63, 3.8) is 0 Å². The van der Waals surface area contributed by atoms with Crippen LogP contribution in [0.5, 0.6) is 0 Å². The maximum Gasteiger partial charge on any atom is 0.308 e. The monoisotopic (exact) mass is 245 g/mol. The molecule has 100 valence electrons. The van der Waals surface area contributed by atoms with Gasteiger partial charge in [0.1, 0.15) is 0 Å². The molecule has 5 heteroatoms. The van der Waals surface area contributed by atoms with E-state index in [9.17, 15) is 9.90 Å². The molecule has 0 aromatic rings. The number of aliphatic hydroxyl groups is 1. The zero-order valence-corrected chi connectivity index (χ0v) is 10.7. The van der Waals surface area contributed by atoms with E-state index in [0.717, 1.165) is 26.1 Å². The number of carbonyl (C=O) groups is 1. The minimum absolute atomic E-state index is 0.0708. The van der Waals surface area contributed by atoms with Crippen molar-refractivity contribution in [1.82, 2.24) is 4.90 Å². The summed E-state index contributed by atoms with van der Waals surface area (Å²) in [6, 6.07) is 0.445. The number of hydrogen-bond acceptors (Lipinski definition) is 5. The minimum Gasteiger partial charge on any atom is -0.466 e. The van der Waals surface area contributed by atoms with E-state index in [-0.39, 0.29) is 12.4 Å². The van der Waals surface area contributed by atoms with Crippen LogP contribution >= 0.6 is 0 Å². The van der Waals surface area contributed by atoms with E-state index >= 15 is 0 Å². The molecule has 1 heterocycles. The van der Waals surface area contributed by atoms with E-state index in [2.05, 4.69) is 4.90 Å². The molecule has 1 N–H and O–H groups in total. The van der Waals surface area contributed by atoms with E-state index in [1.165, 1.54) is 0 Å². The smallest absolute Gasteiger partial charge is 0.308 e. The Labute approximate surface area is 103 Å². The van der Waals surface area contributed by atoms with Crippen LogP contribution in [0.25, 0.3) is 0 Å². The quantitative estimate of drug-likeness (QED) is 0.687. The first-order valence-electron chi connectivity index (χ1n) is 6.25. The number of likely N-dealkylation sites (N-methyl/N-ethyl adjacent to an activating group) is 1. The van der Waals surface area contributed by atoms with Crippen molar-refractivity contribution in [2.45, 2.75) is 38.3 Å². The normalized spacial score (nSPS) is 19.3. The summed E-state index contributed by atoms with van der Waals surface area (Å²) in [7, 11) is 1.98. The summed E-state index contributed by atoms with van der Waals surface area (Å²) in [6.45, 7) is 4.19. The van der Waals surface area contributed by atoms with Crippen molar-refractivity contribution < 1.29 is 19.4 Å². The summed E-state index contributed by atoms with van der Waals surface area (Å²) >= 11 is 0. The molecule has 5 nitrogen and oxygen atoms in total. The Kier molecular flexibility index (Phi) is 6.47. The molecule has 0 aliphatic carbocycles. The lowest BCUT2D eigenvalue weighted by Gasteiger charge is -2.32. The second kappa shape index (κ2) is 7.63. The third-order valence-corrected chi connectivity index (χ3v) is 3.02. The highest BCUT2D eigenvalue weighted by atomic mass is 16.5. The molecule has 1 rings (SSSR count). The van der Waals surface area contributed by atoms with Crippen LogP contribution in [-0.4, -0.2) is 61.5 Å². The maximum atomic E-state index is 11.2. The van der Waals surface area contributed by atoms with Crippen molar-refractivity contribution in [3.8, 4) is 0 Å². The molecule has 1 fully saturated rings. The topological polar surface area (TPSA) is 59.0 Å². The molecule has 0 spiro atoms. The number of rotatable bonds is 6. The predicted octanol–water partition coefficient (Wildman–Crippen LogP) is 0.411. The summed E-state index contributed by atoms with van der Waals surface area (Å²) < 4.78 is 10.1. The van der Waals surface area contributed by atoms with Gasteiger partial charge in [-0.2, -0.15) is 0 Å². The molecule has 0 bridgehead atoms. The van der Waals surface area contributed by atoms with Crippen LogP contribution in [0.15, 0.2) is 0 Å². The molecule has 1 saturated heterocycles. The number of aliphatic hydroxyl groups excluding tert-OH is 1. The molecular weight excluding hydrogens is 222 g/mol. The summed E-state index contributed by atoms with van der Waals surface area (Å²) in [5.74, 6) is -0.333. The molecule has 0 aromatic heterocycles. The van der Waals surface area contributed by atoms with Crippen LogP contribution in [-0.2, 0) is 14.3 Å². The lowest BCUT2D eigenvalue weighted by atomic mass is 10.1. The van der Waals surface area contributed by atoms with Crippen LogP contribution in [0.2, 0.25) is 0 Å². The third-order valence-electron chi connectivity index (χ3n) is 3.02. The molecule has 1 unspecified atom stereocenters. The Morgan fingerprint density at radius 1 is 1.53 bits per heavy atom. The average molecular weight is 245 g/mol. The van der Waals surface area contributed by atoms with E-state index < -0.39 is 6.10 Å². The van der Waals surface area contributed by atoms with Gasteiger partial charge in [-0.05, 0) is 26.8 Å². The average Bonchev–Trinajstić information content (AvgIpc) is 2.30. The van der Waals surface area contributed by atoms with Crippen LogP contribution in [0.3, 0.4) is 0 Å². The van der Waals surface area contributed by atoms with Gasteiger partial charge in [0.25, 0.3) is 0 Å². The van der Waals surface area contributed by atoms with Gasteiger partial charge in [-0.25, -0.2) is 0 Å². The molecule has 0 saturated carbocycles. The van der Waals surface area contributed by atoms with Crippen molar-refractivity contribution in [2.24, 2.45) is 0 Å². The van der Waals surface area contributed by atoms with Gasteiger partial charge < -0.3 is 19.5 Å². The molecule has 1 aliphatic heterocycles. The number of carbonyl (C=O) groups excluding carboxylic acids is 1. The Bertz CT molecular complexity index is 229. The van der Waals surface area contributed by atoms with E-state index in [0.29, 0.717) is 19.2 Å². The van der Waals surface area contributed by atoms with E-state index in [1.54, 1.807) is 6.92 Å². The Hall–Kier alpha value is -0.650. The number of nitrogens with zero attached hydrogens (tertiary/aromatic N) is 1. The van der Waals surface area contributed by atoms with Gasteiger partial charge in [0, 0.05) is 25.8 Å².